The molecule has 0 aliphatic carbocycles. The zero-order chi connectivity index (χ0) is 14.4. The predicted molar refractivity (Wildman–Crippen MR) is 88.7 cm³/mol. The van der Waals surface area contributed by atoms with E-state index < -0.39 is 0 Å². The molecule has 1 heterocycles. The minimum absolute atomic E-state index is 0.681. The number of unbranched alkanes of at least 4 members (excludes halogenated alkanes) is 3. The van der Waals surface area contributed by atoms with Crippen molar-refractivity contribution < 1.29 is 0 Å². The smallest absolute Gasteiger partial charge is 0.178 e. The highest BCUT2D eigenvalue weighted by Crippen LogP contribution is 2.17. The van der Waals surface area contributed by atoms with Gasteiger partial charge in [0.25, 0.3) is 0 Å². The van der Waals surface area contributed by atoms with E-state index in [0.29, 0.717) is 5.56 Å². The molecule has 0 saturated heterocycles. The van der Waals surface area contributed by atoms with Gasteiger partial charge in [0.2, 0.25) is 0 Å². The molecule has 0 aliphatic rings. The second-order valence-corrected chi connectivity index (χ2v) is 6.20. The van der Waals surface area contributed by atoms with Gasteiger partial charge in [0.05, 0.1) is 22.7 Å². The molecule has 5 heteroatoms. The maximum Gasteiger partial charge on any atom is 0.178 e. The predicted octanol–water partition coefficient (Wildman–Crippen LogP) is 4.49. The molecular formula is C15H19N3S2. The van der Waals surface area contributed by atoms with Crippen molar-refractivity contribution in [1.29, 1.82) is 5.26 Å². The molecule has 3 nitrogen and oxygen atoms in total. The van der Waals surface area contributed by atoms with E-state index in [1.54, 1.807) is 0 Å². The minimum Gasteiger partial charge on any atom is -0.331 e. The van der Waals surface area contributed by atoms with E-state index in [2.05, 4.69) is 21.9 Å². The van der Waals surface area contributed by atoms with Crippen LogP contribution in [0.5, 0.6) is 0 Å². The Balaban J connectivity index is 2.04. The number of rotatable bonds is 7. The van der Waals surface area contributed by atoms with E-state index in [4.69, 9.17) is 17.5 Å². The van der Waals surface area contributed by atoms with Gasteiger partial charge in [0, 0.05) is 6.54 Å². The Labute approximate surface area is 129 Å². The van der Waals surface area contributed by atoms with Gasteiger partial charge >= 0.3 is 0 Å². The van der Waals surface area contributed by atoms with Crippen LogP contribution in [-0.2, 0) is 6.54 Å². The van der Waals surface area contributed by atoms with Crippen LogP contribution in [0.4, 0.5) is 0 Å². The normalized spacial score (nSPS) is 10.8. The Morgan fingerprint density at radius 2 is 2.10 bits per heavy atom. The molecule has 0 amide bonds. The van der Waals surface area contributed by atoms with Gasteiger partial charge < -0.3 is 9.55 Å². The van der Waals surface area contributed by atoms with E-state index in [1.165, 1.54) is 25.0 Å². The van der Waals surface area contributed by atoms with Crippen molar-refractivity contribution in [3.8, 4) is 6.07 Å². The first kappa shape index (κ1) is 15.1. The van der Waals surface area contributed by atoms with Gasteiger partial charge in [-0.2, -0.15) is 17.0 Å². The molecule has 1 aromatic carbocycles. The largest absolute Gasteiger partial charge is 0.331 e. The van der Waals surface area contributed by atoms with Gasteiger partial charge in [-0.25, -0.2) is 0 Å². The lowest BCUT2D eigenvalue weighted by molar-refractivity contribution is 0.589. The summed E-state index contributed by atoms with van der Waals surface area (Å²) in [5, 5.41) is 8.99. The molecule has 0 unspecified atom stereocenters. The molecule has 0 radical (unpaired) electrons. The van der Waals surface area contributed by atoms with Gasteiger partial charge in [-0.3, -0.25) is 0 Å². The summed E-state index contributed by atoms with van der Waals surface area (Å²) in [4.78, 5) is 3.20. The molecule has 20 heavy (non-hydrogen) atoms. The Morgan fingerprint density at radius 3 is 2.85 bits per heavy atom. The molecular weight excluding hydrogens is 286 g/mol. The quantitative estimate of drug-likeness (QED) is 0.605. The summed E-state index contributed by atoms with van der Waals surface area (Å²) in [5.74, 6) is 1.25. The number of H-pyrrole nitrogens is 1. The third kappa shape index (κ3) is 3.65. The van der Waals surface area contributed by atoms with Crippen molar-refractivity contribution in [2.45, 2.75) is 32.2 Å². The van der Waals surface area contributed by atoms with Gasteiger partial charge in [-0.1, -0.05) is 12.8 Å². The van der Waals surface area contributed by atoms with Crippen LogP contribution in [0.3, 0.4) is 0 Å². The van der Waals surface area contributed by atoms with E-state index in [-0.39, 0.29) is 0 Å². The van der Waals surface area contributed by atoms with Crippen LogP contribution in [0.25, 0.3) is 11.0 Å². The van der Waals surface area contributed by atoms with Crippen molar-refractivity contribution in [2.24, 2.45) is 0 Å². The van der Waals surface area contributed by atoms with E-state index in [9.17, 15) is 0 Å². The average Bonchev–Trinajstić information content (AvgIpc) is 2.77. The number of nitrogens with zero attached hydrogens (tertiary/aromatic N) is 2. The third-order valence-electron chi connectivity index (χ3n) is 3.38. The Bertz CT molecular complexity index is 664. The minimum atomic E-state index is 0.681. The maximum atomic E-state index is 8.99. The highest BCUT2D eigenvalue weighted by Gasteiger charge is 2.05. The Kier molecular flexibility index (Phi) is 5.69. The van der Waals surface area contributed by atoms with Crippen molar-refractivity contribution in [2.75, 3.05) is 12.0 Å². The van der Waals surface area contributed by atoms with Crippen molar-refractivity contribution in [3.05, 3.63) is 28.5 Å². The molecule has 1 N–H and O–H groups in total. The molecule has 2 rings (SSSR count). The maximum absolute atomic E-state index is 8.99. The number of nitriles is 1. The fourth-order valence-electron chi connectivity index (χ4n) is 2.31. The number of fused-ring (bicyclic) bond motifs is 1. The first-order chi connectivity index (χ1) is 9.76. The van der Waals surface area contributed by atoms with E-state index in [0.717, 1.165) is 28.8 Å². The second kappa shape index (κ2) is 7.51. The van der Waals surface area contributed by atoms with Gasteiger partial charge in [0.1, 0.15) is 0 Å². The molecule has 0 bridgehead atoms. The molecule has 0 spiro atoms. The zero-order valence-corrected chi connectivity index (χ0v) is 13.3. The molecule has 0 saturated carbocycles. The second-order valence-electron chi connectivity index (χ2n) is 4.83. The number of aromatic nitrogens is 2. The average molecular weight is 305 g/mol. The number of benzene rings is 1. The van der Waals surface area contributed by atoms with Gasteiger partial charge in [-0.15, -0.1) is 0 Å². The molecule has 106 valence electrons. The number of hydrogen-bond donors (Lipinski definition) is 1. The molecule has 0 fully saturated rings. The number of thioether (sulfide) groups is 1. The number of hydrogen-bond acceptors (Lipinski definition) is 3. The molecule has 2 aromatic rings. The zero-order valence-electron chi connectivity index (χ0n) is 11.7. The van der Waals surface area contributed by atoms with E-state index in [1.807, 2.05) is 30.0 Å². The number of aryl methyl sites for hydroxylation is 1. The molecule has 0 atom stereocenters. The van der Waals surface area contributed by atoms with Crippen molar-refractivity contribution >= 4 is 35.0 Å². The van der Waals surface area contributed by atoms with Crippen LogP contribution in [0.2, 0.25) is 0 Å². The van der Waals surface area contributed by atoms with Crippen LogP contribution in [0, 0.1) is 16.1 Å². The summed E-state index contributed by atoms with van der Waals surface area (Å²) in [6.07, 6.45) is 7.08. The standard InChI is InChI=1S/C15H19N3S2/c1-20-9-5-3-2-4-8-18-14-10-12(11-16)6-7-13(14)17-15(18)19/h6-7,10H,2-5,8-9H2,1H3,(H,17,19). The van der Waals surface area contributed by atoms with Crippen LogP contribution >= 0.6 is 24.0 Å². The fraction of sp³-hybridized carbons (Fsp3) is 0.467. The molecule has 1 aromatic heterocycles. The first-order valence-corrected chi connectivity index (χ1v) is 8.68. The lowest BCUT2D eigenvalue weighted by Gasteiger charge is -2.05. The number of imidazole rings is 1. The fourth-order valence-corrected chi connectivity index (χ4v) is 3.11. The Hall–Kier alpha value is -1.25. The summed E-state index contributed by atoms with van der Waals surface area (Å²) in [6.45, 7) is 0.924. The van der Waals surface area contributed by atoms with Crippen LogP contribution in [-0.4, -0.2) is 21.6 Å². The lowest BCUT2D eigenvalue weighted by atomic mass is 10.2. The number of nitrogens with one attached hydrogen (secondary N) is 1. The van der Waals surface area contributed by atoms with Gasteiger partial charge in [-0.05, 0) is 55.3 Å². The van der Waals surface area contributed by atoms with Gasteiger partial charge in [0.15, 0.2) is 4.77 Å². The van der Waals surface area contributed by atoms with E-state index >= 15 is 0 Å². The van der Waals surface area contributed by atoms with Crippen molar-refractivity contribution in [3.63, 3.8) is 0 Å². The summed E-state index contributed by atoms with van der Waals surface area (Å²) in [6, 6.07) is 7.84. The summed E-state index contributed by atoms with van der Waals surface area (Å²) in [5.41, 5.74) is 2.73. The summed E-state index contributed by atoms with van der Waals surface area (Å²) < 4.78 is 2.86. The summed E-state index contributed by atoms with van der Waals surface area (Å²) >= 11 is 7.28. The topological polar surface area (TPSA) is 44.5 Å². The monoisotopic (exact) mass is 305 g/mol. The first-order valence-electron chi connectivity index (χ1n) is 6.88. The highest BCUT2D eigenvalue weighted by molar-refractivity contribution is 7.98. The van der Waals surface area contributed by atoms with Crippen LogP contribution < -0.4 is 0 Å². The number of aromatic amines is 1. The highest BCUT2D eigenvalue weighted by atomic mass is 32.2. The SMILES string of the molecule is CSCCCCCCn1c(=S)[nH]c2ccc(C#N)cc21. The Morgan fingerprint density at radius 1 is 1.30 bits per heavy atom. The molecule has 0 aliphatic heterocycles. The lowest BCUT2D eigenvalue weighted by Crippen LogP contribution is -1.98. The summed E-state index contributed by atoms with van der Waals surface area (Å²) in [7, 11) is 0. The third-order valence-corrected chi connectivity index (χ3v) is 4.40. The van der Waals surface area contributed by atoms with Crippen LogP contribution in [0.15, 0.2) is 18.2 Å². The van der Waals surface area contributed by atoms with Crippen molar-refractivity contribution in [1.82, 2.24) is 9.55 Å². The van der Waals surface area contributed by atoms with Crippen LogP contribution in [0.1, 0.15) is 31.2 Å².